The van der Waals surface area contributed by atoms with E-state index in [1.54, 1.807) is 7.05 Å². The van der Waals surface area contributed by atoms with Crippen LogP contribution in [0, 0.1) is 11.6 Å². The van der Waals surface area contributed by atoms with E-state index in [1.807, 2.05) is 6.92 Å². The Morgan fingerprint density at radius 1 is 1.15 bits per heavy atom. The highest BCUT2D eigenvalue weighted by Gasteiger charge is 2.13. The Kier molecular flexibility index (Phi) is 11.8. The number of rotatable bonds is 8. The molecular weight excluding hydrogens is 461 g/mol. The Balaban J connectivity index is 0.00000364. The lowest BCUT2D eigenvalue weighted by Crippen LogP contribution is -2.39. The zero-order valence-electron chi connectivity index (χ0n) is 16.4. The zero-order valence-corrected chi connectivity index (χ0v) is 18.8. The Hall–Kier alpha value is -0.960. The summed E-state index contributed by atoms with van der Waals surface area (Å²) < 4.78 is 26.9. The summed E-state index contributed by atoms with van der Waals surface area (Å²) in [7, 11) is 1.69. The fraction of sp³-hybridized carbons (Fsp3) is 0.650. The molecule has 0 saturated carbocycles. The normalized spacial score (nSPS) is 16.5. The van der Waals surface area contributed by atoms with Gasteiger partial charge in [-0.15, -0.1) is 24.0 Å². The molecule has 0 spiro atoms. The van der Waals surface area contributed by atoms with Crippen molar-refractivity contribution >= 4 is 29.9 Å². The number of aliphatic imine (C=N–C) groups is 1. The van der Waals surface area contributed by atoms with Crippen molar-refractivity contribution in [2.45, 2.75) is 51.5 Å². The number of unbranched alkanes of at least 4 members (excludes halogenated alkanes) is 2. The van der Waals surface area contributed by atoms with Crippen LogP contribution in [0.3, 0.4) is 0 Å². The second-order valence-electron chi connectivity index (χ2n) is 6.99. The standard InChI is InChI=1S/C20H32F2N4.HI/c1-16(18-10-9-17(21)15-19(18)22)25-20(23-2)24-11-5-3-6-12-26-13-7-4-8-14-26;/h9-10,15-16H,3-8,11-14H2,1-2H3,(H2,23,24,25);1H. The minimum Gasteiger partial charge on any atom is -0.356 e. The maximum atomic E-state index is 13.9. The molecule has 7 heteroatoms. The van der Waals surface area contributed by atoms with Crippen LogP contribution in [-0.2, 0) is 0 Å². The van der Waals surface area contributed by atoms with E-state index in [9.17, 15) is 8.78 Å². The van der Waals surface area contributed by atoms with Crippen LogP contribution >= 0.6 is 24.0 Å². The second-order valence-corrected chi connectivity index (χ2v) is 6.99. The lowest BCUT2D eigenvalue weighted by Gasteiger charge is -2.26. The zero-order chi connectivity index (χ0) is 18.8. The van der Waals surface area contributed by atoms with E-state index in [-0.39, 0.29) is 30.0 Å². The van der Waals surface area contributed by atoms with Gasteiger partial charge in [-0.3, -0.25) is 4.99 Å². The second kappa shape index (κ2) is 13.3. The molecule has 2 rings (SSSR count). The first kappa shape index (κ1) is 24.1. The van der Waals surface area contributed by atoms with Crippen molar-refractivity contribution in [1.29, 1.82) is 0 Å². The average Bonchev–Trinajstić information content (AvgIpc) is 2.64. The van der Waals surface area contributed by atoms with Crippen LogP contribution in [0.15, 0.2) is 23.2 Å². The summed E-state index contributed by atoms with van der Waals surface area (Å²) in [6.45, 7) is 6.38. The molecule has 1 aliphatic heterocycles. The SMILES string of the molecule is CN=C(NCCCCCN1CCCCC1)NC(C)c1ccc(F)cc1F.I. The fourth-order valence-electron chi connectivity index (χ4n) is 3.36. The summed E-state index contributed by atoms with van der Waals surface area (Å²) in [5.74, 6) is -0.471. The number of nitrogens with zero attached hydrogens (tertiary/aromatic N) is 2. The monoisotopic (exact) mass is 494 g/mol. The van der Waals surface area contributed by atoms with Crippen LogP contribution in [0.4, 0.5) is 8.78 Å². The summed E-state index contributed by atoms with van der Waals surface area (Å²) in [5, 5.41) is 6.42. The minimum absolute atomic E-state index is 0. The van der Waals surface area contributed by atoms with E-state index >= 15 is 0 Å². The third-order valence-electron chi connectivity index (χ3n) is 4.90. The van der Waals surface area contributed by atoms with Gasteiger partial charge in [0.25, 0.3) is 0 Å². The molecule has 1 aromatic carbocycles. The molecule has 154 valence electrons. The fourth-order valence-corrected chi connectivity index (χ4v) is 3.36. The van der Waals surface area contributed by atoms with Gasteiger partial charge in [0.2, 0.25) is 0 Å². The molecule has 4 nitrogen and oxygen atoms in total. The van der Waals surface area contributed by atoms with E-state index in [0.717, 1.165) is 19.0 Å². The van der Waals surface area contributed by atoms with Gasteiger partial charge in [-0.2, -0.15) is 0 Å². The molecule has 0 aliphatic carbocycles. The van der Waals surface area contributed by atoms with Crippen LogP contribution in [0.1, 0.15) is 57.1 Å². The minimum atomic E-state index is -0.564. The topological polar surface area (TPSA) is 39.7 Å². The maximum Gasteiger partial charge on any atom is 0.191 e. The molecule has 1 saturated heterocycles. The molecule has 1 aromatic rings. The summed E-state index contributed by atoms with van der Waals surface area (Å²) in [4.78, 5) is 6.75. The van der Waals surface area contributed by atoms with Crippen molar-refractivity contribution in [1.82, 2.24) is 15.5 Å². The van der Waals surface area contributed by atoms with Crippen molar-refractivity contribution in [3.05, 3.63) is 35.4 Å². The summed E-state index contributed by atoms with van der Waals surface area (Å²) >= 11 is 0. The smallest absolute Gasteiger partial charge is 0.191 e. The van der Waals surface area contributed by atoms with Gasteiger partial charge in [-0.05, 0) is 58.3 Å². The Bertz CT molecular complexity index is 577. The van der Waals surface area contributed by atoms with Crippen LogP contribution < -0.4 is 10.6 Å². The summed E-state index contributed by atoms with van der Waals surface area (Å²) in [5.41, 5.74) is 0.427. The van der Waals surface area contributed by atoms with E-state index in [4.69, 9.17) is 0 Å². The molecule has 0 radical (unpaired) electrons. The van der Waals surface area contributed by atoms with Gasteiger partial charge in [0, 0.05) is 25.2 Å². The van der Waals surface area contributed by atoms with E-state index in [2.05, 4.69) is 20.5 Å². The van der Waals surface area contributed by atoms with Crippen molar-refractivity contribution in [3.63, 3.8) is 0 Å². The summed E-state index contributed by atoms with van der Waals surface area (Å²) in [6, 6.07) is 3.36. The number of hydrogen-bond acceptors (Lipinski definition) is 2. The van der Waals surface area contributed by atoms with Gasteiger partial charge in [0.1, 0.15) is 11.6 Å². The molecule has 0 bridgehead atoms. The molecule has 0 aromatic heterocycles. The summed E-state index contributed by atoms with van der Waals surface area (Å²) in [6.07, 6.45) is 7.56. The Morgan fingerprint density at radius 2 is 1.89 bits per heavy atom. The van der Waals surface area contributed by atoms with Crippen molar-refractivity contribution in [3.8, 4) is 0 Å². The third kappa shape index (κ3) is 8.72. The largest absolute Gasteiger partial charge is 0.356 e. The van der Waals surface area contributed by atoms with E-state index in [0.29, 0.717) is 11.5 Å². The predicted molar refractivity (Wildman–Crippen MR) is 119 cm³/mol. The number of likely N-dealkylation sites (tertiary alicyclic amines) is 1. The number of piperidine rings is 1. The van der Waals surface area contributed by atoms with Crippen LogP contribution in [0.2, 0.25) is 0 Å². The van der Waals surface area contributed by atoms with Crippen LogP contribution in [-0.4, -0.2) is 44.1 Å². The number of hydrogen-bond donors (Lipinski definition) is 2. The molecule has 1 unspecified atom stereocenters. The van der Waals surface area contributed by atoms with E-state index < -0.39 is 11.6 Å². The average molecular weight is 494 g/mol. The van der Waals surface area contributed by atoms with Gasteiger partial charge >= 0.3 is 0 Å². The molecule has 1 aliphatic rings. The number of nitrogens with one attached hydrogen (secondary N) is 2. The number of halogens is 3. The maximum absolute atomic E-state index is 13.9. The molecule has 0 amide bonds. The number of guanidine groups is 1. The van der Waals surface area contributed by atoms with Crippen molar-refractivity contribution < 1.29 is 8.78 Å². The first-order chi connectivity index (χ1) is 12.6. The van der Waals surface area contributed by atoms with Crippen molar-refractivity contribution in [2.75, 3.05) is 33.2 Å². The number of benzene rings is 1. The van der Waals surface area contributed by atoms with Crippen molar-refractivity contribution in [2.24, 2.45) is 4.99 Å². The van der Waals surface area contributed by atoms with Gasteiger partial charge in [0.05, 0.1) is 6.04 Å². The molecule has 27 heavy (non-hydrogen) atoms. The third-order valence-corrected chi connectivity index (χ3v) is 4.90. The van der Waals surface area contributed by atoms with Gasteiger partial charge in [-0.1, -0.05) is 18.9 Å². The molecule has 1 fully saturated rings. The highest BCUT2D eigenvalue weighted by molar-refractivity contribution is 14.0. The Labute approximate surface area is 179 Å². The molecule has 1 heterocycles. The van der Waals surface area contributed by atoms with E-state index in [1.165, 1.54) is 63.9 Å². The predicted octanol–water partition coefficient (Wildman–Crippen LogP) is 4.47. The van der Waals surface area contributed by atoms with Crippen LogP contribution in [0.5, 0.6) is 0 Å². The molecule has 1 atom stereocenters. The van der Waals surface area contributed by atoms with Gasteiger partial charge < -0.3 is 15.5 Å². The first-order valence-corrected chi connectivity index (χ1v) is 9.74. The first-order valence-electron chi connectivity index (χ1n) is 9.74. The lowest BCUT2D eigenvalue weighted by atomic mass is 10.1. The quantitative estimate of drug-likeness (QED) is 0.243. The van der Waals surface area contributed by atoms with Gasteiger partial charge in [-0.25, -0.2) is 8.78 Å². The molecule has 2 N–H and O–H groups in total. The molecular formula is C20H33F2IN4. The lowest BCUT2D eigenvalue weighted by molar-refractivity contribution is 0.224. The highest BCUT2D eigenvalue weighted by Crippen LogP contribution is 2.17. The van der Waals surface area contributed by atoms with Crippen LogP contribution in [0.25, 0.3) is 0 Å². The highest BCUT2D eigenvalue weighted by atomic mass is 127. The Morgan fingerprint density at radius 3 is 2.56 bits per heavy atom. The van der Waals surface area contributed by atoms with Gasteiger partial charge in [0.15, 0.2) is 5.96 Å².